The van der Waals surface area contributed by atoms with Crippen molar-refractivity contribution in [2.75, 3.05) is 0 Å². The molecule has 0 aromatic carbocycles. The average molecular weight is 196 g/mol. The van der Waals surface area contributed by atoms with E-state index in [2.05, 4.69) is 21.9 Å². The van der Waals surface area contributed by atoms with Crippen LogP contribution in [-0.2, 0) is 6.54 Å². The smallest absolute Gasteiger partial charge is 0.0943 e. The van der Waals surface area contributed by atoms with E-state index < -0.39 is 0 Å². The SMILES string of the molecule is NCc1cc(-c2cccs2)ns1. The van der Waals surface area contributed by atoms with Gasteiger partial charge in [-0.25, -0.2) is 0 Å². The molecule has 2 aromatic rings. The third kappa shape index (κ3) is 1.41. The fourth-order valence-corrected chi connectivity index (χ4v) is 2.30. The van der Waals surface area contributed by atoms with Crippen molar-refractivity contribution in [2.24, 2.45) is 5.73 Å². The van der Waals surface area contributed by atoms with E-state index in [1.54, 1.807) is 11.3 Å². The molecule has 2 heterocycles. The first-order chi connectivity index (χ1) is 5.90. The Bertz CT molecular complexity index is 351. The number of nitrogens with zero attached hydrogens (tertiary/aromatic N) is 1. The second-order valence-corrected chi connectivity index (χ2v) is 4.20. The van der Waals surface area contributed by atoms with E-state index in [0.29, 0.717) is 6.54 Å². The molecule has 0 aliphatic heterocycles. The highest BCUT2D eigenvalue weighted by molar-refractivity contribution is 7.13. The molecule has 0 bridgehead atoms. The summed E-state index contributed by atoms with van der Waals surface area (Å²) < 4.78 is 4.30. The Labute approximate surface area is 78.8 Å². The van der Waals surface area contributed by atoms with Crippen LogP contribution in [0.15, 0.2) is 23.6 Å². The Balaban J connectivity index is 2.35. The van der Waals surface area contributed by atoms with E-state index in [9.17, 15) is 0 Å². The van der Waals surface area contributed by atoms with Crippen molar-refractivity contribution in [3.63, 3.8) is 0 Å². The molecule has 0 saturated carbocycles. The van der Waals surface area contributed by atoms with Gasteiger partial charge in [0, 0.05) is 11.4 Å². The predicted octanol–water partition coefficient (Wildman–Crippen LogP) is 2.33. The first-order valence-corrected chi connectivity index (χ1v) is 5.25. The maximum atomic E-state index is 5.49. The first-order valence-electron chi connectivity index (χ1n) is 3.59. The third-order valence-corrected chi connectivity index (χ3v) is 3.23. The van der Waals surface area contributed by atoms with Gasteiger partial charge in [0.25, 0.3) is 0 Å². The molecule has 2 aromatic heterocycles. The van der Waals surface area contributed by atoms with Gasteiger partial charge in [0.2, 0.25) is 0 Å². The monoisotopic (exact) mass is 196 g/mol. The zero-order valence-corrected chi connectivity index (χ0v) is 7.99. The highest BCUT2D eigenvalue weighted by Crippen LogP contribution is 2.25. The molecule has 0 saturated heterocycles. The molecule has 0 aliphatic rings. The number of aromatic nitrogens is 1. The lowest BCUT2D eigenvalue weighted by Gasteiger charge is -1.85. The molecule has 62 valence electrons. The van der Waals surface area contributed by atoms with Crippen molar-refractivity contribution < 1.29 is 0 Å². The fraction of sp³-hybridized carbons (Fsp3) is 0.125. The van der Waals surface area contributed by atoms with Crippen LogP contribution in [0.25, 0.3) is 10.6 Å². The summed E-state index contributed by atoms with van der Waals surface area (Å²) in [5.74, 6) is 0. The van der Waals surface area contributed by atoms with Crippen LogP contribution in [0.4, 0.5) is 0 Å². The molecule has 2 nitrogen and oxygen atoms in total. The summed E-state index contributed by atoms with van der Waals surface area (Å²) in [5, 5.41) is 2.05. The van der Waals surface area contributed by atoms with E-state index in [4.69, 9.17) is 5.73 Å². The van der Waals surface area contributed by atoms with Gasteiger partial charge < -0.3 is 5.73 Å². The van der Waals surface area contributed by atoms with Gasteiger partial charge in [-0.3, -0.25) is 0 Å². The van der Waals surface area contributed by atoms with Crippen molar-refractivity contribution in [1.29, 1.82) is 0 Å². The molecule has 0 fully saturated rings. The van der Waals surface area contributed by atoms with Crippen LogP contribution in [0.1, 0.15) is 4.88 Å². The second-order valence-electron chi connectivity index (χ2n) is 2.36. The maximum absolute atomic E-state index is 5.49. The molecule has 2 N–H and O–H groups in total. The van der Waals surface area contributed by atoms with Gasteiger partial charge in [-0.1, -0.05) is 6.07 Å². The van der Waals surface area contributed by atoms with Crippen LogP contribution in [0.3, 0.4) is 0 Å². The maximum Gasteiger partial charge on any atom is 0.0943 e. The van der Waals surface area contributed by atoms with Gasteiger partial charge in [0.1, 0.15) is 0 Å². The highest BCUT2D eigenvalue weighted by Gasteiger charge is 2.03. The van der Waals surface area contributed by atoms with Crippen molar-refractivity contribution in [3.8, 4) is 10.6 Å². The summed E-state index contributed by atoms with van der Waals surface area (Å²) in [7, 11) is 0. The number of rotatable bonds is 2. The summed E-state index contributed by atoms with van der Waals surface area (Å²) in [6, 6.07) is 6.15. The minimum atomic E-state index is 0.586. The van der Waals surface area contributed by atoms with Crippen molar-refractivity contribution in [3.05, 3.63) is 28.5 Å². The Morgan fingerprint density at radius 3 is 3.00 bits per heavy atom. The van der Waals surface area contributed by atoms with Crippen molar-refractivity contribution in [1.82, 2.24) is 4.37 Å². The van der Waals surface area contributed by atoms with E-state index in [0.717, 1.165) is 10.6 Å². The molecular weight excluding hydrogens is 188 g/mol. The standard InChI is InChI=1S/C8H8N2S2/c9-5-6-4-7(10-12-6)8-2-1-3-11-8/h1-4H,5,9H2. The molecule has 2 rings (SSSR count). The summed E-state index contributed by atoms with van der Waals surface area (Å²) in [5.41, 5.74) is 6.54. The summed E-state index contributed by atoms with van der Waals surface area (Å²) in [6.45, 7) is 0.586. The zero-order valence-electron chi connectivity index (χ0n) is 6.36. The lowest BCUT2D eigenvalue weighted by atomic mass is 10.3. The normalized spacial score (nSPS) is 10.4. The van der Waals surface area contributed by atoms with Gasteiger partial charge in [-0.05, 0) is 29.0 Å². The minimum absolute atomic E-state index is 0.586. The molecule has 0 unspecified atom stereocenters. The summed E-state index contributed by atoms with van der Waals surface area (Å²) in [6.07, 6.45) is 0. The molecule has 4 heteroatoms. The van der Waals surface area contributed by atoms with Crippen LogP contribution in [0, 0.1) is 0 Å². The molecule has 0 spiro atoms. The highest BCUT2D eigenvalue weighted by atomic mass is 32.1. The molecular formula is C8H8N2S2. The Morgan fingerprint density at radius 2 is 2.42 bits per heavy atom. The number of hydrogen-bond acceptors (Lipinski definition) is 4. The molecule has 0 aliphatic carbocycles. The van der Waals surface area contributed by atoms with Crippen molar-refractivity contribution >= 4 is 22.9 Å². The van der Waals surface area contributed by atoms with Gasteiger partial charge in [0.15, 0.2) is 0 Å². The van der Waals surface area contributed by atoms with Gasteiger partial charge >= 0.3 is 0 Å². The van der Waals surface area contributed by atoms with Gasteiger partial charge in [-0.15, -0.1) is 11.3 Å². The fourth-order valence-electron chi connectivity index (χ4n) is 0.950. The van der Waals surface area contributed by atoms with Crippen LogP contribution < -0.4 is 5.73 Å². The number of thiophene rings is 1. The Hall–Kier alpha value is -0.710. The largest absolute Gasteiger partial charge is 0.326 e. The molecule has 0 radical (unpaired) electrons. The predicted molar refractivity (Wildman–Crippen MR) is 53.3 cm³/mol. The topological polar surface area (TPSA) is 38.9 Å². The van der Waals surface area contributed by atoms with E-state index in [1.165, 1.54) is 16.4 Å². The van der Waals surface area contributed by atoms with Crippen LogP contribution in [0.5, 0.6) is 0 Å². The third-order valence-electron chi connectivity index (χ3n) is 1.53. The van der Waals surface area contributed by atoms with Crippen LogP contribution >= 0.6 is 22.9 Å². The van der Waals surface area contributed by atoms with E-state index in [-0.39, 0.29) is 0 Å². The Morgan fingerprint density at radius 1 is 1.50 bits per heavy atom. The summed E-state index contributed by atoms with van der Waals surface area (Å²) >= 11 is 3.18. The first kappa shape index (κ1) is 7.91. The summed E-state index contributed by atoms with van der Waals surface area (Å²) in [4.78, 5) is 2.35. The zero-order chi connectivity index (χ0) is 8.39. The van der Waals surface area contributed by atoms with Crippen molar-refractivity contribution in [2.45, 2.75) is 6.54 Å². The van der Waals surface area contributed by atoms with Gasteiger partial charge in [0.05, 0.1) is 10.6 Å². The number of nitrogens with two attached hydrogens (primary N) is 1. The van der Waals surface area contributed by atoms with Gasteiger partial charge in [-0.2, -0.15) is 4.37 Å². The average Bonchev–Trinajstić information content (AvgIpc) is 2.75. The number of hydrogen-bond donors (Lipinski definition) is 1. The van der Waals surface area contributed by atoms with Crippen LogP contribution in [0.2, 0.25) is 0 Å². The molecule has 0 amide bonds. The van der Waals surface area contributed by atoms with E-state index >= 15 is 0 Å². The quantitative estimate of drug-likeness (QED) is 0.800. The van der Waals surface area contributed by atoms with E-state index in [1.807, 2.05) is 6.07 Å². The lowest BCUT2D eigenvalue weighted by molar-refractivity contribution is 1.11. The Kier molecular flexibility index (Phi) is 2.21. The molecule has 0 atom stereocenters. The second kappa shape index (κ2) is 3.35. The lowest BCUT2D eigenvalue weighted by Crippen LogP contribution is -1.91. The minimum Gasteiger partial charge on any atom is -0.326 e. The molecule has 12 heavy (non-hydrogen) atoms. The van der Waals surface area contributed by atoms with Crippen LogP contribution in [-0.4, -0.2) is 4.37 Å².